The monoisotopic (exact) mass is 298 g/mol. The number of phenolic OH excluding ortho intramolecular Hbond substituents is 1. The molecule has 0 spiro atoms. The van der Waals surface area contributed by atoms with Crippen LogP contribution in [0.2, 0.25) is 0 Å². The second-order valence-electron chi connectivity index (χ2n) is 5.94. The summed E-state index contributed by atoms with van der Waals surface area (Å²) < 4.78 is 0. The van der Waals surface area contributed by atoms with Gasteiger partial charge in [0.25, 0.3) is 0 Å². The summed E-state index contributed by atoms with van der Waals surface area (Å²) in [5.41, 5.74) is 6.03. The highest BCUT2D eigenvalue weighted by Gasteiger charge is 2.08. The molecule has 0 heterocycles. The zero-order valence-electron chi connectivity index (χ0n) is 13.9. The molecule has 0 saturated carbocycles. The average Bonchev–Trinajstić information content (AvgIpc) is 2.45. The second-order valence-corrected chi connectivity index (χ2v) is 5.94. The molecule has 0 saturated heterocycles. The van der Waals surface area contributed by atoms with Gasteiger partial charge >= 0.3 is 0 Å². The molecule has 22 heavy (non-hydrogen) atoms. The van der Waals surface area contributed by atoms with Crippen molar-refractivity contribution >= 4 is 5.69 Å². The van der Waals surface area contributed by atoms with Crippen molar-refractivity contribution in [1.29, 1.82) is 0 Å². The van der Waals surface area contributed by atoms with Crippen LogP contribution >= 0.6 is 0 Å². The zero-order valence-corrected chi connectivity index (χ0v) is 13.9. The predicted molar refractivity (Wildman–Crippen MR) is 93.7 cm³/mol. The Morgan fingerprint density at radius 3 is 2.27 bits per heavy atom. The highest BCUT2D eigenvalue weighted by molar-refractivity contribution is 5.58. The molecule has 3 heteroatoms. The van der Waals surface area contributed by atoms with Crippen molar-refractivity contribution < 1.29 is 5.11 Å². The fourth-order valence-electron chi connectivity index (χ4n) is 2.90. The molecule has 1 unspecified atom stereocenters. The van der Waals surface area contributed by atoms with E-state index in [2.05, 4.69) is 50.5 Å². The lowest BCUT2D eigenvalue weighted by Crippen LogP contribution is -2.25. The molecule has 2 aromatic rings. The Morgan fingerprint density at radius 1 is 1.00 bits per heavy atom. The van der Waals surface area contributed by atoms with Gasteiger partial charge in [0.2, 0.25) is 0 Å². The van der Waals surface area contributed by atoms with Gasteiger partial charge in [-0.2, -0.15) is 0 Å². The first-order chi connectivity index (χ1) is 10.5. The molecule has 2 rings (SSSR count). The number of anilines is 1. The lowest BCUT2D eigenvalue weighted by atomic mass is 10.1. The number of phenols is 1. The first-order valence-corrected chi connectivity index (χ1v) is 7.82. The number of para-hydroxylation sites is 1. The fraction of sp³-hybridized carbons (Fsp3) is 0.368. The second kappa shape index (κ2) is 7.32. The maximum absolute atomic E-state index is 9.86. The minimum atomic E-state index is 0.128. The van der Waals surface area contributed by atoms with E-state index in [0.717, 1.165) is 18.7 Å². The van der Waals surface area contributed by atoms with E-state index in [1.807, 2.05) is 18.2 Å². The van der Waals surface area contributed by atoms with Crippen molar-refractivity contribution in [3.63, 3.8) is 0 Å². The van der Waals surface area contributed by atoms with Crippen molar-refractivity contribution in [2.24, 2.45) is 0 Å². The minimum absolute atomic E-state index is 0.128. The summed E-state index contributed by atoms with van der Waals surface area (Å²) in [6.07, 6.45) is 0. The van der Waals surface area contributed by atoms with Gasteiger partial charge in [0.05, 0.1) is 0 Å². The van der Waals surface area contributed by atoms with E-state index in [1.165, 1.54) is 22.4 Å². The topological polar surface area (TPSA) is 44.3 Å². The third-order valence-corrected chi connectivity index (χ3v) is 3.96. The summed E-state index contributed by atoms with van der Waals surface area (Å²) >= 11 is 0. The van der Waals surface area contributed by atoms with E-state index in [4.69, 9.17) is 0 Å². The lowest BCUT2D eigenvalue weighted by Gasteiger charge is -2.17. The van der Waals surface area contributed by atoms with Crippen molar-refractivity contribution in [3.8, 4) is 5.75 Å². The Morgan fingerprint density at radius 2 is 1.64 bits per heavy atom. The summed E-state index contributed by atoms with van der Waals surface area (Å²) in [7, 11) is 0. The Balaban J connectivity index is 1.86. The fourth-order valence-corrected chi connectivity index (χ4v) is 2.90. The van der Waals surface area contributed by atoms with Crippen LogP contribution in [0.5, 0.6) is 5.75 Å². The molecule has 0 aromatic heterocycles. The maximum atomic E-state index is 9.86. The van der Waals surface area contributed by atoms with Crippen LogP contribution in [-0.2, 0) is 0 Å². The van der Waals surface area contributed by atoms with E-state index in [9.17, 15) is 5.11 Å². The summed E-state index contributed by atoms with van der Waals surface area (Å²) in [6.45, 7) is 10.2. The molecule has 0 bridgehead atoms. The Hall–Kier alpha value is -2.00. The van der Waals surface area contributed by atoms with E-state index in [-0.39, 0.29) is 6.04 Å². The van der Waals surface area contributed by atoms with Crippen molar-refractivity contribution in [2.75, 3.05) is 18.4 Å². The molecule has 0 aliphatic rings. The highest BCUT2D eigenvalue weighted by Crippen LogP contribution is 2.23. The van der Waals surface area contributed by atoms with Crippen LogP contribution in [0.1, 0.15) is 35.2 Å². The lowest BCUT2D eigenvalue weighted by molar-refractivity contribution is 0.454. The SMILES string of the molecule is Cc1cc(C)c(NCCNC(C)c2ccccc2O)c(C)c1. The van der Waals surface area contributed by atoms with E-state index < -0.39 is 0 Å². The predicted octanol–water partition coefficient (Wildman–Crippen LogP) is 4.08. The van der Waals surface area contributed by atoms with Gasteiger partial charge in [-0.1, -0.05) is 35.9 Å². The van der Waals surface area contributed by atoms with Crippen LogP contribution in [0.3, 0.4) is 0 Å². The van der Waals surface area contributed by atoms with Crippen molar-refractivity contribution in [2.45, 2.75) is 33.7 Å². The van der Waals surface area contributed by atoms with Gasteiger partial charge in [-0.05, 0) is 44.9 Å². The van der Waals surface area contributed by atoms with Crippen LogP contribution < -0.4 is 10.6 Å². The molecule has 3 nitrogen and oxygen atoms in total. The molecule has 0 aliphatic heterocycles. The van der Waals surface area contributed by atoms with Gasteiger partial charge in [0, 0.05) is 30.4 Å². The molecule has 0 radical (unpaired) electrons. The van der Waals surface area contributed by atoms with E-state index in [1.54, 1.807) is 6.07 Å². The first kappa shape index (κ1) is 16.4. The molecular formula is C19H26N2O. The molecule has 0 amide bonds. The number of aryl methyl sites for hydroxylation is 3. The van der Waals surface area contributed by atoms with Gasteiger partial charge < -0.3 is 15.7 Å². The van der Waals surface area contributed by atoms with Crippen LogP contribution in [0.25, 0.3) is 0 Å². The number of hydrogen-bond acceptors (Lipinski definition) is 3. The standard InChI is InChI=1S/C19H26N2O/c1-13-11-14(2)19(15(3)12-13)21-10-9-20-16(4)17-7-5-6-8-18(17)22/h5-8,11-12,16,20-22H,9-10H2,1-4H3. The highest BCUT2D eigenvalue weighted by atomic mass is 16.3. The smallest absolute Gasteiger partial charge is 0.120 e. The number of nitrogens with one attached hydrogen (secondary N) is 2. The summed E-state index contributed by atoms with van der Waals surface area (Å²) in [5, 5.41) is 16.8. The Bertz CT molecular complexity index is 614. The third-order valence-electron chi connectivity index (χ3n) is 3.96. The van der Waals surface area contributed by atoms with Crippen molar-refractivity contribution in [1.82, 2.24) is 5.32 Å². The van der Waals surface area contributed by atoms with Crippen molar-refractivity contribution in [3.05, 3.63) is 58.7 Å². The first-order valence-electron chi connectivity index (χ1n) is 7.82. The number of aromatic hydroxyl groups is 1. The largest absolute Gasteiger partial charge is 0.508 e. The average molecular weight is 298 g/mol. The van der Waals surface area contributed by atoms with Gasteiger partial charge in [0.1, 0.15) is 5.75 Å². The molecule has 118 valence electrons. The molecular weight excluding hydrogens is 272 g/mol. The van der Waals surface area contributed by atoms with E-state index in [0.29, 0.717) is 5.75 Å². The Labute approximate surface area is 133 Å². The van der Waals surface area contributed by atoms with E-state index >= 15 is 0 Å². The van der Waals surface area contributed by atoms with Gasteiger partial charge in [-0.15, -0.1) is 0 Å². The zero-order chi connectivity index (χ0) is 16.1. The van der Waals surface area contributed by atoms with Crippen LogP contribution in [0.4, 0.5) is 5.69 Å². The summed E-state index contributed by atoms with van der Waals surface area (Å²) in [4.78, 5) is 0. The summed E-state index contributed by atoms with van der Waals surface area (Å²) in [6, 6.07) is 12.0. The van der Waals surface area contributed by atoms with Crippen LogP contribution in [-0.4, -0.2) is 18.2 Å². The number of benzene rings is 2. The van der Waals surface area contributed by atoms with Crippen LogP contribution in [0, 0.1) is 20.8 Å². The molecule has 0 aliphatic carbocycles. The number of hydrogen-bond donors (Lipinski definition) is 3. The molecule has 0 fully saturated rings. The van der Waals surface area contributed by atoms with Gasteiger partial charge in [-0.3, -0.25) is 0 Å². The molecule has 3 N–H and O–H groups in total. The molecule has 1 atom stereocenters. The quantitative estimate of drug-likeness (QED) is 0.704. The number of rotatable bonds is 6. The normalized spacial score (nSPS) is 12.2. The Kier molecular flexibility index (Phi) is 5.45. The minimum Gasteiger partial charge on any atom is -0.508 e. The molecule has 2 aromatic carbocycles. The summed E-state index contributed by atoms with van der Waals surface area (Å²) in [5.74, 6) is 0.348. The van der Waals surface area contributed by atoms with Gasteiger partial charge in [0.15, 0.2) is 0 Å². The maximum Gasteiger partial charge on any atom is 0.120 e. The van der Waals surface area contributed by atoms with Gasteiger partial charge in [-0.25, -0.2) is 0 Å². The van der Waals surface area contributed by atoms with Crippen LogP contribution in [0.15, 0.2) is 36.4 Å². The third kappa shape index (κ3) is 4.01.